The van der Waals surface area contributed by atoms with E-state index in [9.17, 15) is 0 Å². The number of hydrogen-bond acceptors (Lipinski definition) is 3. The summed E-state index contributed by atoms with van der Waals surface area (Å²) in [6.07, 6.45) is 2.53. The Balaban J connectivity index is 1.83. The van der Waals surface area contributed by atoms with Gasteiger partial charge in [-0.05, 0) is 38.4 Å². The maximum atomic E-state index is 3.54. The molecule has 2 nitrogen and oxygen atoms in total. The van der Waals surface area contributed by atoms with Crippen LogP contribution in [0, 0.1) is 0 Å². The Hall–Kier alpha value is -0.510. The molecule has 3 rings (SSSR count). The number of rotatable bonds is 3. The summed E-state index contributed by atoms with van der Waals surface area (Å²) >= 11 is 2.13. The molecule has 2 heterocycles. The zero-order valence-corrected chi connectivity index (χ0v) is 14.2. The van der Waals surface area contributed by atoms with E-state index in [-0.39, 0.29) is 0 Å². The van der Waals surface area contributed by atoms with Gasteiger partial charge in [-0.25, -0.2) is 0 Å². The first kappa shape index (κ1) is 15.4. The van der Waals surface area contributed by atoms with Crippen LogP contribution >= 0.6 is 11.8 Å². The van der Waals surface area contributed by atoms with Crippen molar-refractivity contribution >= 4 is 11.8 Å². The number of nitrogens with zero attached hydrogens (tertiary/aromatic N) is 1. The largest absolute Gasteiger partial charge is 0.317 e. The van der Waals surface area contributed by atoms with Crippen molar-refractivity contribution in [3.8, 4) is 0 Å². The predicted molar refractivity (Wildman–Crippen MR) is 93.2 cm³/mol. The first-order chi connectivity index (χ1) is 10.2. The molecule has 2 saturated heterocycles. The van der Waals surface area contributed by atoms with E-state index >= 15 is 0 Å². The standard InChI is InChI=1S/C18H28N2S/c1-15-16(2)21-13-12-20(15)14-18(8-10-19-11-9-18)17-6-4-3-5-7-17/h3-7,15-16,19H,8-14H2,1-2H3. The highest BCUT2D eigenvalue weighted by atomic mass is 32.2. The Morgan fingerprint density at radius 1 is 1.19 bits per heavy atom. The number of piperidine rings is 1. The lowest BCUT2D eigenvalue weighted by Crippen LogP contribution is -2.53. The Morgan fingerprint density at radius 3 is 2.62 bits per heavy atom. The topological polar surface area (TPSA) is 15.3 Å². The molecule has 2 atom stereocenters. The second-order valence-corrected chi connectivity index (χ2v) is 8.17. The lowest BCUT2D eigenvalue weighted by atomic mass is 9.72. The molecule has 1 aromatic rings. The van der Waals surface area contributed by atoms with Crippen LogP contribution in [0.25, 0.3) is 0 Å². The maximum absolute atomic E-state index is 3.54. The van der Waals surface area contributed by atoms with E-state index in [2.05, 4.69) is 66.2 Å². The minimum absolute atomic E-state index is 0.350. The summed E-state index contributed by atoms with van der Waals surface area (Å²) in [7, 11) is 0. The molecule has 1 aromatic carbocycles. The Bertz CT molecular complexity index is 442. The van der Waals surface area contributed by atoms with E-state index in [0.29, 0.717) is 11.5 Å². The number of hydrogen-bond donors (Lipinski definition) is 1. The van der Waals surface area contributed by atoms with Crippen molar-refractivity contribution in [1.29, 1.82) is 0 Å². The van der Waals surface area contributed by atoms with E-state index in [1.165, 1.54) is 31.7 Å². The second-order valence-electron chi connectivity index (χ2n) is 6.68. The van der Waals surface area contributed by atoms with Crippen molar-refractivity contribution in [1.82, 2.24) is 10.2 Å². The number of nitrogens with one attached hydrogen (secondary N) is 1. The molecule has 1 N–H and O–H groups in total. The highest BCUT2D eigenvalue weighted by molar-refractivity contribution is 8.00. The van der Waals surface area contributed by atoms with Crippen LogP contribution in [0.3, 0.4) is 0 Å². The normalized spacial score (nSPS) is 30.2. The molecule has 2 fully saturated rings. The van der Waals surface area contributed by atoms with Crippen molar-refractivity contribution < 1.29 is 0 Å². The van der Waals surface area contributed by atoms with Crippen molar-refractivity contribution in [2.45, 2.75) is 43.4 Å². The Labute approximate surface area is 133 Å². The van der Waals surface area contributed by atoms with Gasteiger partial charge in [0, 0.05) is 35.5 Å². The molecule has 0 aliphatic carbocycles. The summed E-state index contributed by atoms with van der Waals surface area (Å²) in [6.45, 7) is 9.58. The minimum atomic E-state index is 0.350. The summed E-state index contributed by atoms with van der Waals surface area (Å²) in [5.74, 6) is 1.29. The molecular weight excluding hydrogens is 276 g/mol. The maximum Gasteiger partial charge on any atom is 0.0184 e. The van der Waals surface area contributed by atoms with Gasteiger partial charge >= 0.3 is 0 Å². The smallest absolute Gasteiger partial charge is 0.0184 e. The third-order valence-electron chi connectivity index (χ3n) is 5.47. The fraction of sp³-hybridized carbons (Fsp3) is 0.667. The first-order valence-corrected chi connectivity index (χ1v) is 9.38. The minimum Gasteiger partial charge on any atom is -0.317 e. The van der Waals surface area contributed by atoms with Crippen LogP contribution in [0.1, 0.15) is 32.3 Å². The zero-order valence-electron chi connectivity index (χ0n) is 13.3. The predicted octanol–water partition coefficient (Wildman–Crippen LogP) is 3.13. The van der Waals surface area contributed by atoms with Gasteiger partial charge in [-0.2, -0.15) is 11.8 Å². The van der Waals surface area contributed by atoms with Crippen LogP contribution in [0.15, 0.2) is 30.3 Å². The van der Waals surface area contributed by atoms with E-state index in [1.807, 2.05) is 0 Å². The molecule has 2 unspecified atom stereocenters. The van der Waals surface area contributed by atoms with Gasteiger partial charge in [0.15, 0.2) is 0 Å². The Kier molecular flexibility index (Phi) is 4.92. The summed E-state index contributed by atoms with van der Waals surface area (Å²) < 4.78 is 0. The van der Waals surface area contributed by atoms with Gasteiger partial charge in [0.05, 0.1) is 0 Å². The molecule has 2 aliphatic rings. The Morgan fingerprint density at radius 2 is 1.90 bits per heavy atom. The van der Waals surface area contributed by atoms with E-state index in [4.69, 9.17) is 0 Å². The van der Waals surface area contributed by atoms with Crippen molar-refractivity contribution in [3.63, 3.8) is 0 Å². The van der Waals surface area contributed by atoms with E-state index < -0.39 is 0 Å². The molecule has 116 valence electrons. The molecule has 0 amide bonds. The summed E-state index contributed by atoms with van der Waals surface area (Å²) in [4.78, 5) is 2.75. The van der Waals surface area contributed by atoms with E-state index in [1.54, 1.807) is 5.56 Å². The van der Waals surface area contributed by atoms with Gasteiger partial charge in [0.2, 0.25) is 0 Å². The third kappa shape index (κ3) is 3.30. The molecule has 21 heavy (non-hydrogen) atoms. The fourth-order valence-corrected chi connectivity index (χ4v) is 5.00. The van der Waals surface area contributed by atoms with Gasteiger partial charge in [0.1, 0.15) is 0 Å². The second kappa shape index (κ2) is 6.72. The third-order valence-corrected chi connectivity index (χ3v) is 6.81. The number of thioether (sulfide) groups is 1. The zero-order chi connectivity index (χ0) is 14.7. The molecule has 0 saturated carbocycles. The molecule has 0 radical (unpaired) electrons. The SMILES string of the molecule is CC1SCCN(CC2(c3ccccc3)CCNCC2)C1C. The molecule has 2 aliphatic heterocycles. The highest BCUT2D eigenvalue weighted by Gasteiger charge is 2.38. The summed E-state index contributed by atoms with van der Waals surface area (Å²) in [5.41, 5.74) is 1.90. The quantitative estimate of drug-likeness (QED) is 0.923. The van der Waals surface area contributed by atoms with Gasteiger partial charge in [-0.15, -0.1) is 0 Å². The van der Waals surface area contributed by atoms with Crippen LogP contribution in [0.2, 0.25) is 0 Å². The average molecular weight is 305 g/mol. The lowest BCUT2D eigenvalue weighted by Gasteiger charge is -2.46. The molecule has 0 spiro atoms. The van der Waals surface area contributed by atoms with Crippen LogP contribution < -0.4 is 5.32 Å². The van der Waals surface area contributed by atoms with Gasteiger partial charge in [-0.1, -0.05) is 37.3 Å². The van der Waals surface area contributed by atoms with Crippen LogP contribution in [-0.4, -0.2) is 48.1 Å². The van der Waals surface area contributed by atoms with Crippen LogP contribution in [-0.2, 0) is 5.41 Å². The highest BCUT2D eigenvalue weighted by Crippen LogP contribution is 2.36. The van der Waals surface area contributed by atoms with Crippen LogP contribution in [0.4, 0.5) is 0 Å². The van der Waals surface area contributed by atoms with Crippen molar-refractivity contribution in [2.24, 2.45) is 0 Å². The molecule has 3 heteroatoms. The fourth-order valence-electron chi connectivity index (χ4n) is 3.84. The molecule has 0 aromatic heterocycles. The van der Waals surface area contributed by atoms with Gasteiger partial charge in [-0.3, -0.25) is 4.90 Å². The van der Waals surface area contributed by atoms with Gasteiger partial charge < -0.3 is 5.32 Å². The first-order valence-electron chi connectivity index (χ1n) is 8.33. The summed E-state index contributed by atoms with van der Waals surface area (Å²) in [5, 5.41) is 4.30. The molecular formula is C18H28N2S. The van der Waals surface area contributed by atoms with Crippen molar-refractivity contribution in [3.05, 3.63) is 35.9 Å². The lowest BCUT2D eigenvalue weighted by molar-refractivity contribution is 0.139. The number of benzene rings is 1. The van der Waals surface area contributed by atoms with Gasteiger partial charge in [0.25, 0.3) is 0 Å². The summed E-state index contributed by atoms with van der Waals surface area (Å²) in [6, 6.07) is 11.9. The van der Waals surface area contributed by atoms with Crippen molar-refractivity contribution in [2.75, 3.05) is 31.9 Å². The molecule has 0 bridgehead atoms. The van der Waals surface area contributed by atoms with Crippen LogP contribution in [0.5, 0.6) is 0 Å². The van der Waals surface area contributed by atoms with E-state index in [0.717, 1.165) is 18.3 Å². The average Bonchev–Trinajstić information content (AvgIpc) is 2.54. The monoisotopic (exact) mass is 304 g/mol.